The summed E-state index contributed by atoms with van der Waals surface area (Å²) in [6, 6.07) is 6.01. The fraction of sp³-hybridized carbons (Fsp3) is 0.457. The Bertz CT molecular complexity index is 2000. The minimum absolute atomic E-state index is 0.0129. The van der Waals surface area contributed by atoms with E-state index in [0.29, 0.717) is 24.9 Å². The zero-order valence-electron chi connectivity index (χ0n) is 26.2. The van der Waals surface area contributed by atoms with Crippen LogP contribution in [0.4, 0.5) is 32.2 Å². The number of hydrogen-bond donors (Lipinski definition) is 1. The maximum Gasteiger partial charge on any atom is 0.417 e. The van der Waals surface area contributed by atoms with Gasteiger partial charge in [-0.1, -0.05) is 30.2 Å². The highest BCUT2D eigenvalue weighted by atomic mass is 19.4. The molecule has 0 spiro atoms. The van der Waals surface area contributed by atoms with E-state index in [2.05, 4.69) is 20.9 Å². The monoisotopic (exact) mass is 682 g/mol. The molecule has 256 valence electrons. The van der Waals surface area contributed by atoms with Gasteiger partial charge in [0.05, 0.1) is 35.7 Å². The molecule has 1 saturated carbocycles. The summed E-state index contributed by atoms with van der Waals surface area (Å²) in [6.45, 7) is 2.10. The number of ether oxygens (including phenoxy) is 2. The average molecular weight is 683 g/mol. The van der Waals surface area contributed by atoms with E-state index >= 15 is 4.39 Å². The molecule has 0 unspecified atom stereocenters. The fourth-order valence-corrected chi connectivity index (χ4v) is 8.14. The number of halogens is 6. The van der Waals surface area contributed by atoms with Gasteiger partial charge < -0.3 is 20.1 Å². The molecule has 0 bridgehead atoms. The molecule has 4 fully saturated rings. The largest absolute Gasteiger partial charge is 0.461 e. The minimum atomic E-state index is -4.75. The van der Waals surface area contributed by atoms with Crippen molar-refractivity contribution in [2.75, 3.05) is 50.9 Å². The molecule has 0 radical (unpaired) electrons. The SMILES string of the molecule is C#Cc1c(C(F)(F)F)ccc2cccc(-c3ncc4c(N5CCOC[C@H]6[C@H](F)[C@H]65)nc(OC[C@]56C[C@@H](F)CN5C[C@@H](CN)C6)nc4c3F)c12. The van der Waals surface area contributed by atoms with Crippen LogP contribution in [0.15, 0.2) is 36.5 Å². The van der Waals surface area contributed by atoms with Crippen LogP contribution in [0.2, 0.25) is 0 Å². The molecule has 4 aromatic rings. The van der Waals surface area contributed by atoms with Gasteiger partial charge in [0, 0.05) is 54.7 Å². The van der Waals surface area contributed by atoms with Crippen LogP contribution in [0.5, 0.6) is 6.01 Å². The lowest BCUT2D eigenvalue weighted by atomic mass is 9.90. The number of fused-ring (bicyclic) bond motifs is 4. The van der Waals surface area contributed by atoms with E-state index in [1.807, 2.05) is 4.90 Å². The van der Waals surface area contributed by atoms with Crippen LogP contribution in [0.25, 0.3) is 32.9 Å². The quantitative estimate of drug-likeness (QED) is 0.217. The van der Waals surface area contributed by atoms with E-state index in [0.717, 1.165) is 6.07 Å². The second kappa shape index (κ2) is 11.7. The minimum Gasteiger partial charge on any atom is -0.461 e. The molecule has 6 atom stereocenters. The lowest BCUT2D eigenvalue weighted by Gasteiger charge is -2.31. The Labute approximate surface area is 277 Å². The predicted octanol–water partition coefficient (Wildman–Crippen LogP) is 5.30. The van der Waals surface area contributed by atoms with Crippen molar-refractivity contribution in [2.45, 2.75) is 42.9 Å². The summed E-state index contributed by atoms with van der Waals surface area (Å²) in [5.41, 5.74) is 3.39. The summed E-state index contributed by atoms with van der Waals surface area (Å²) in [7, 11) is 0. The number of pyridine rings is 1. The highest BCUT2D eigenvalue weighted by Crippen LogP contribution is 2.46. The zero-order valence-corrected chi connectivity index (χ0v) is 26.2. The number of terminal acetylenes is 1. The third-order valence-corrected chi connectivity index (χ3v) is 10.5. The van der Waals surface area contributed by atoms with Crippen LogP contribution in [0, 0.1) is 30.0 Å². The standard InChI is InChI=1S/C35H32F6N6O2/c1-2-21-25(35(39,40)41)7-6-19-4-3-5-22(26(19)21)29-28(38)30-23(13-43-29)32(47-8-9-48-16-24-27(37)31(24)47)45-33(44-30)49-17-34-10-18(12-42)14-46(34)15-20(36)11-34/h1,3-7,13,18,20,24,27,31H,8-12,14-17,42H2/t18-,20-,24+,27+,31+,34+/m1/s1. The van der Waals surface area contributed by atoms with Crippen molar-refractivity contribution < 1.29 is 35.8 Å². The van der Waals surface area contributed by atoms with Crippen LogP contribution in [-0.4, -0.2) is 89.8 Å². The van der Waals surface area contributed by atoms with Crippen molar-refractivity contribution >= 4 is 27.5 Å². The highest BCUT2D eigenvalue weighted by Gasteiger charge is 2.57. The number of hydrogen-bond acceptors (Lipinski definition) is 8. The number of anilines is 1. The highest BCUT2D eigenvalue weighted by molar-refractivity contribution is 6.02. The maximum atomic E-state index is 16.9. The molecule has 4 aliphatic rings. The lowest BCUT2D eigenvalue weighted by Crippen LogP contribution is -2.43. The Balaban J connectivity index is 1.27. The van der Waals surface area contributed by atoms with Gasteiger partial charge in [0.2, 0.25) is 0 Å². The number of aromatic nitrogens is 3. The van der Waals surface area contributed by atoms with Crippen LogP contribution in [-0.2, 0) is 10.9 Å². The van der Waals surface area contributed by atoms with Gasteiger partial charge in [-0.3, -0.25) is 9.88 Å². The number of benzene rings is 2. The average Bonchev–Trinajstić information content (AvgIpc) is 3.53. The van der Waals surface area contributed by atoms with Crippen molar-refractivity contribution in [3.8, 4) is 29.6 Å². The Hall–Kier alpha value is -4.19. The molecule has 5 heterocycles. The smallest absolute Gasteiger partial charge is 0.417 e. The van der Waals surface area contributed by atoms with E-state index in [-0.39, 0.29) is 84.6 Å². The van der Waals surface area contributed by atoms with E-state index in [1.54, 1.807) is 17.0 Å². The van der Waals surface area contributed by atoms with Crippen molar-refractivity contribution in [1.29, 1.82) is 0 Å². The Morgan fingerprint density at radius 3 is 2.73 bits per heavy atom. The van der Waals surface area contributed by atoms with Crippen molar-refractivity contribution in [3.63, 3.8) is 0 Å². The summed E-state index contributed by atoms with van der Waals surface area (Å²) in [5, 5.41) is 0.540. The van der Waals surface area contributed by atoms with E-state index in [9.17, 15) is 22.0 Å². The van der Waals surface area contributed by atoms with Crippen LogP contribution in [0.1, 0.15) is 24.0 Å². The van der Waals surface area contributed by atoms with E-state index in [4.69, 9.17) is 21.6 Å². The van der Waals surface area contributed by atoms with Crippen molar-refractivity contribution in [2.24, 2.45) is 17.6 Å². The first-order chi connectivity index (χ1) is 23.5. The normalized spacial score (nSPS) is 28.4. The van der Waals surface area contributed by atoms with Crippen LogP contribution < -0.4 is 15.4 Å². The molecule has 2 N–H and O–H groups in total. The third kappa shape index (κ3) is 5.25. The van der Waals surface area contributed by atoms with Crippen LogP contribution >= 0.6 is 0 Å². The summed E-state index contributed by atoms with van der Waals surface area (Å²) >= 11 is 0. The van der Waals surface area contributed by atoms with Crippen LogP contribution in [0.3, 0.4) is 0 Å². The summed E-state index contributed by atoms with van der Waals surface area (Å²) in [6.07, 6.45) is 0.818. The number of rotatable bonds is 6. The molecule has 3 aliphatic heterocycles. The van der Waals surface area contributed by atoms with Crippen molar-refractivity contribution in [1.82, 2.24) is 19.9 Å². The molecule has 49 heavy (non-hydrogen) atoms. The molecule has 0 amide bonds. The molecule has 14 heteroatoms. The summed E-state index contributed by atoms with van der Waals surface area (Å²) < 4.78 is 100. The first kappa shape index (κ1) is 32.0. The zero-order chi connectivity index (χ0) is 34.2. The van der Waals surface area contributed by atoms with Crippen molar-refractivity contribution in [3.05, 3.63) is 53.5 Å². The third-order valence-electron chi connectivity index (χ3n) is 10.5. The Morgan fingerprint density at radius 1 is 1.12 bits per heavy atom. The Morgan fingerprint density at radius 2 is 1.96 bits per heavy atom. The topological polar surface area (TPSA) is 89.6 Å². The molecule has 1 aliphatic carbocycles. The van der Waals surface area contributed by atoms with Gasteiger partial charge >= 0.3 is 12.2 Å². The number of nitrogens with two attached hydrogens (primary N) is 1. The molecular formula is C35H32F6N6O2. The molecule has 2 aromatic carbocycles. The Kier molecular flexibility index (Phi) is 7.66. The first-order valence-electron chi connectivity index (χ1n) is 16.2. The summed E-state index contributed by atoms with van der Waals surface area (Å²) in [4.78, 5) is 17.2. The first-order valence-corrected chi connectivity index (χ1v) is 16.2. The molecule has 3 saturated heterocycles. The van der Waals surface area contributed by atoms with Gasteiger partial charge in [0.15, 0.2) is 5.82 Å². The van der Waals surface area contributed by atoms with E-state index in [1.165, 1.54) is 18.3 Å². The molecule has 2 aromatic heterocycles. The van der Waals surface area contributed by atoms with E-state index < -0.39 is 53.0 Å². The second-order valence-electron chi connectivity index (χ2n) is 13.4. The van der Waals surface area contributed by atoms with Gasteiger partial charge in [-0.2, -0.15) is 23.1 Å². The van der Waals surface area contributed by atoms with Gasteiger partial charge in [-0.25, -0.2) is 13.2 Å². The predicted molar refractivity (Wildman–Crippen MR) is 170 cm³/mol. The molecular weight excluding hydrogens is 650 g/mol. The maximum absolute atomic E-state index is 16.9. The number of alkyl halides is 5. The van der Waals surface area contributed by atoms with Gasteiger partial charge in [0.1, 0.15) is 36.0 Å². The fourth-order valence-electron chi connectivity index (χ4n) is 8.14. The molecule has 8 nitrogen and oxygen atoms in total. The number of nitrogens with zero attached hydrogens (tertiary/aromatic N) is 5. The van der Waals surface area contributed by atoms with Gasteiger partial charge in [-0.15, -0.1) is 6.42 Å². The summed E-state index contributed by atoms with van der Waals surface area (Å²) in [5.74, 6) is 1.17. The lowest BCUT2D eigenvalue weighted by molar-refractivity contribution is -0.137. The second-order valence-corrected chi connectivity index (χ2v) is 13.4. The van der Waals surface area contributed by atoms with Gasteiger partial charge in [-0.05, 0) is 30.3 Å². The molecule has 8 rings (SSSR count). The van der Waals surface area contributed by atoms with Gasteiger partial charge in [0.25, 0.3) is 0 Å².